The number of ether oxygens (including phenoxy) is 3. The lowest BCUT2D eigenvalue weighted by Crippen LogP contribution is -2.12. The number of fused-ring (bicyclic) bond motifs is 1. The van der Waals surface area contributed by atoms with Crippen LogP contribution in [-0.4, -0.2) is 25.3 Å². The first-order valence-electron chi connectivity index (χ1n) is 9.70. The van der Waals surface area contributed by atoms with Crippen LogP contribution in [0, 0.1) is 6.92 Å². The zero-order valence-corrected chi connectivity index (χ0v) is 18.8. The summed E-state index contributed by atoms with van der Waals surface area (Å²) >= 11 is 12.1. The number of carbonyl (C=O) groups excluding carboxylic acids is 2. The topological polar surface area (TPSA) is 61.8 Å². The highest BCUT2D eigenvalue weighted by molar-refractivity contribution is 6.35. The molecule has 0 bridgehead atoms. The van der Waals surface area contributed by atoms with Crippen LogP contribution in [-0.2, 0) is 0 Å². The van der Waals surface area contributed by atoms with Gasteiger partial charge in [-0.25, -0.2) is 0 Å². The second kappa shape index (κ2) is 9.07. The highest BCUT2D eigenvalue weighted by Gasteiger charge is 2.30. The molecule has 0 saturated carbocycles. The van der Waals surface area contributed by atoms with E-state index in [4.69, 9.17) is 37.4 Å². The van der Waals surface area contributed by atoms with Crippen molar-refractivity contribution in [3.05, 3.63) is 92.7 Å². The Morgan fingerprint density at radius 2 is 1.81 bits per heavy atom. The fourth-order valence-electron chi connectivity index (χ4n) is 3.29. The van der Waals surface area contributed by atoms with Gasteiger partial charge in [0, 0.05) is 21.2 Å². The van der Waals surface area contributed by atoms with Crippen LogP contribution >= 0.6 is 23.2 Å². The molecular weight excluding hydrogens is 451 g/mol. The van der Waals surface area contributed by atoms with Crippen LogP contribution in [0.15, 0.2) is 60.4 Å². The van der Waals surface area contributed by atoms with Crippen molar-refractivity contribution in [2.45, 2.75) is 6.92 Å². The zero-order valence-electron chi connectivity index (χ0n) is 17.3. The summed E-state index contributed by atoms with van der Waals surface area (Å²) in [7, 11) is 1.56. The van der Waals surface area contributed by atoms with Crippen LogP contribution in [0.3, 0.4) is 0 Å². The normalized spacial score (nSPS) is 13.6. The van der Waals surface area contributed by atoms with Gasteiger partial charge in [-0.3, -0.25) is 9.59 Å². The van der Waals surface area contributed by atoms with Crippen LogP contribution in [0.4, 0.5) is 0 Å². The number of Topliss-reactive ketones (excluding diaryl/α,β-unsaturated/α-hetero) is 2. The van der Waals surface area contributed by atoms with Crippen molar-refractivity contribution >= 4 is 40.8 Å². The van der Waals surface area contributed by atoms with Crippen molar-refractivity contribution in [1.82, 2.24) is 0 Å². The summed E-state index contributed by atoms with van der Waals surface area (Å²) < 4.78 is 16.7. The predicted octanol–water partition coefficient (Wildman–Crippen LogP) is 6.19. The quantitative estimate of drug-likeness (QED) is 0.318. The fourth-order valence-corrected chi connectivity index (χ4v) is 3.75. The van der Waals surface area contributed by atoms with Gasteiger partial charge >= 0.3 is 0 Å². The molecular formula is C25H18Cl2O5. The molecule has 3 aromatic carbocycles. The van der Waals surface area contributed by atoms with Gasteiger partial charge in [0.2, 0.25) is 5.78 Å². The summed E-state index contributed by atoms with van der Waals surface area (Å²) in [6.07, 6.45) is 1.58. The minimum Gasteiger partial charge on any atom is -0.497 e. The largest absolute Gasteiger partial charge is 0.497 e. The maximum atomic E-state index is 12.8. The second-order valence-electron chi connectivity index (χ2n) is 7.11. The molecule has 0 spiro atoms. The van der Waals surface area contributed by atoms with E-state index in [0.717, 1.165) is 0 Å². The monoisotopic (exact) mass is 468 g/mol. The molecule has 0 atom stereocenters. The Morgan fingerprint density at radius 3 is 2.50 bits per heavy atom. The molecule has 0 aromatic heterocycles. The van der Waals surface area contributed by atoms with E-state index in [0.29, 0.717) is 49.5 Å². The summed E-state index contributed by atoms with van der Waals surface area (Å²) in [4.78, 5) is 25.2. The van der Waals surface area contributed by atoms with Crippen molar-refractivity contribution in [1.29, 1.82) is 0 Å². The lowest BCUT2D eigenvalue weighted by atomic mass is 10.1. The Labute approximate surface area is 195 Å². The highest BCUT2D eigenvalue weighted by atomic mass is 35.5. The van der Waals surface area contributed by atoms with Gasteiger partial charge in [-0.2, -0.15) is 0 Å². The van der Waals surface area contributed by atoms with Gasteiger partial charge in [-0.1, -0.05) is 29.3 Å². The van der Waals surface area contributed by atoms with Crippen LogP contribution in [0.1, 0.15) is 31.8 Å². The van der Waals surface area contributed by atoms with Crippen molar-refractivity contribution in [3.8, 4) is 17.2 Å². The van der Waals surface area contributed by atoms with E-state index in [1.54, 1.807) is 74.7 Å². The van der Waals surface area contributed by atoms with E-state index >= 15 is 0 Å². The molecule has 32 heavy (non-hydrogen) atoms. The van der Waals surface area contributed by atoms with Crippen LogP contribution in [0.2, 0.25) is 10.0 Å². The van der Waals surface area contributed by atoms with Gasteiger partial charge in [0.1, 0.15) is 17.2 Å². The number of halogens is 2. The first kappa shape index (κ1) is 21.9. The second-order valence-corrected chi connectivity index (χ2v) is 7.95. The van der Waals surface area contributed by atoms with Gasteiger partial charge in [-0.05, 0) is 67.1 Å². The average Bonchev–Trinajstić information content (AvgIpc) is 3.11. The number of rotatable bonds is 6. The lowest BCUT2D eigenvalue weighted by Gasteiger charge is -2.11. The van der Waals surface area contributed by atoms with Gasteiger partial charge in [0.25, 0.3) is 0 Å². The molecule has 0 unspecified atom stereocenters. The predicted molar refractivity (Wildman–Crippen MR) is 123 cm³/mol. The molecule has 4 rings (SSSR count). The first-order valence-corrected chi connectivity index (χ1v) is 10.5. The van der Waals surface area contributed by atoms with Gasteiger partial charge in [0.05, 0.1) is 12.7 Å². The molecule has 0 aliphatic carbocycles. The fraction of sp³-hybridized carbons (Fsp3) is 0.120. The first-order chi connectivity index (χ1) is 15.4. The number of hydrogen-bond donors (Lipinski definition) is 0. The average molecular weight is 469 g/mol. The van der Waals surface area contributed by atoms with Crippen molar-refractivity contribution < 1.29 is 23.8 Å². The van der Waals surface area contributed by atoms with E-state index < -0.39 is 0 Å². The van der Waals surface area contributed by atoms with Gasteiger partial charge in [-0.15, -0.1) is 0 Å². The van der Waals surface area contributed by atoms with Crippen molar-refractivity contribution in [2.75, 3.05) is 13.7 Å². The van der Waals surface area contributed by atoms with E-state index in [9.17, 15) is 9.59 Å². The molecule has 0 radical (unpaired) electrons. The third-order valence-corrected chi connectivity index (χ3v) is 5.62. The minimum atomic E-state index is -0.255. The summed E-state index contributed by atoms with van der Waals surface area (Å²) in [6, 6.07) is 15.1. The Kier molecular flexibility index (Phi) is 6.21. The molecule has 0 amide bonds. The van der Waals surface area contributed by atoms with Crippen molar-refractivity contribution in [2.24, 2.45) is 0 Å². The maximum Gasteiger partial charge on any atom is 0.231 e. The third-order valence-electron chi connectivity index (χ3n) is 5.06. The molecule has 7 heteroatoms. The minimum absolute atomic E-state index is 0.150. The van der Waals surface area contributed by atoms with Crippen LogP contribution in [0.5, 0.6) is 17.2 Å². The van der Waals surface area contributed by atoms with E-state index in [1.165, 1.54) is 0 Å². The number of methoxy groups -OCH3 is 1. The summed E-state index contributed by atoms with van der Waals surface area (Å²) in [5.41, 5.74) is 2.18. The van der Waals surface area contributed by atoms with Crippen LogP contribution < -0.4 is 14.2 Å². The highest BCUT2D eigenvalue weighted by Crippen LogP contribution is 2.39. The van der Waals surface area contributed by atoms with E-state index in [2.05, 4.69) is 0 Å². The van der Waals surface area contributed by atoms with Crippen molar-refractivity contribution in [3.63, 3.8) is 0 Å². The lowest BCUT2D eigenvalue weighted by molar-refractivity contribution is 0.0920. The van der Waals surface area contributed by atoms with E-state index in [-0.39, 0.29) is 23.9 Å². The van der Waals surface area contributed by atoms with Crippen LogP contribution in [0.25, 0.3) is 6.08 Å². The molecule has 0 fully saturated rings. The molecule has 0 saturated heterocycles. The molecule has 162 valence electrons. The maximum absolute atomic E-state index is 12.8. The number of hydrogen-bond acceptors (Lipinski definition) is 5. The van der Waals surface area contributed by atoms with Gasteiger partial charge < -0.3 is 14.2 Å². The molecule has 5 nitrogen and oxygen atoms in total. The number of carbonyl (C=O) groups is 2. The summed E-state index contributed by atoms with van der Waals surface area (Å²) in [5, 5.41) is 0.913. The van der Waals surface area contributed by atoms with Gasteiger partial charge in [0.15, 0.2) is 18.1 Å². The number of allylic oxidation sites excluding steroid dienone is 1. The standard InChI is InChI=1S/C25H18Cl2O5/c1-14-22(31-13-21(28)15-4-7-18(30-2)8-5-15)10-9-19-24(29)23(32-25(14)19)11-16-3-6-17(26)12-20(16)27/h3-12H,13H2,1-2H3/b23-11-. The third kappa shape index (κ3) is 4.35. The van der Waals surface area contributed by atoms with E-state index in [1.807, 2.05) is 0 Å². The number of ketones is 2. The molecule has 1 heterocycles. The SMILES string of the molecule is COc1ccc(C(=O)COc2ccc3c(c2C)O/C(=C\c2ccc(Cl)cc2Cl)C3=O)cc1. The molecule has 3 aromatic rings. The Morgan fingerprint density at radius 1 is 1.06 bits per heavy atom. The molecule has 1 aliphatic rings. The Hall–Kier alpha value is -3.28. The molecule has 1 aliphatic heterocycles. The Bertz CT molecular complexity index is 1250. The number of benzene rings is 3. The summed E-state index contributed by atoms with van der Waals surface area (Å²) in [5.74, 6) is 1.25. The smallest absolute Gasteiger partial charge is 0.231 e. The Balaban J connectivity index is 1.52. The summed E-state index contributed by atoms with van der Waals surface area (Å²) in [6.45, 7) is 1.63. The molecule has 0 N–H and O–H groups in total. The zero-order chi connectivity index (χ0) is 22.8.